The van der Waals surface area contributed by atoms with E-state index in [2.05, 4.69) is 28.6 Å². The van der Waals surface area contributed by atoms with E-state index in [1.54, 1.807) is 17.0 Å². The smallest absolute Gasteiger partial charge is 0.270 e. The number of nitrogens with zero attached hydrogens (tertiary/aromatic N) is 2. The Morgan fingerprint density at radius 3 is 2.59 bits per heavy atom. The molecule has 1 N–H and O–H groups in total. The van der Waals surface area contributed by atoms with Gasteiger partial charge in [-0.3, -0.25) is 4.79 Å². The number of carbonyl (C=O) groups excluding carboxylic acids is 1. The molecule has 2 aromatic carbocycles. The predicted molar refractivity (Wildman–Crippen MR) is 113 cm³/mol. The minimum Gasteiger partial charge on any atom is -0.463 e. The third-order valence-corrected chi connectivity index (χ3v) is 4.84. The zero-order chi connectivity index (χ0) is 20.2. The van der Waals surface area contributed by atoms with Crippen LogP contribution in [0.2, 0.25) is 0 Å². The molecule has 0 bridgehead atoms. The lowest BCUT2D eigenvalue weighted by molar-refractivity contribution is 0.0946. The van der Waals surface area contributed by atoms with Crippen LogP contribution in [0.1, 0.15) is 27.2 Å². The summed E-state index contributed by atoms with van der Waals surface area (Å²) in [6.45, 7) is 4.62. The largest absolute Gasteiger partial charge is 0.463 e. The molecule has 146 valence electrons. The molecule has 0 radical (unpaired) electrons. The highest BCUT2D eigenvalue weighted by Crippen LogP contribution is 2.24. The normalized spacial score (nSPS) is 10.8. The van der Waals surface area contributed by atoms with Crippen LogP contribution in [0, 0.1) is 13.8 Å². The molecule has 0 saturated heterocycles. The van der Waals surface area contributed by atoms with Gasteiger partial charge in [-0.2, -0.15) is 5.10 Å². The van der Waals surface area contributed by atoms with Crippen LogP contribution in [-0.2, 0) is 6.42 Å². The number of benzene rings is 2. The third-order valence-electron chi connectivity index (χ3n) is 4.84. The molecule has 0 fully saturated rings. The number of rotatable bonds is 6. The van der Waals surface area contributed by atoms with Crippen LogP contribution in [0.3, 0.4) is 0 Å². The molecular formula is C24H23N3O2. The number of aromatic nitrogens is 2. The molecule has 5 nitrogen and oxygen atoms in total. The number of amides is 1. The second kappa shape index (κ2) is 8.19. The van der Waals surface area contributed by atoms with Gasteiger partial charge in [0.2, 0.25) is 0 Å². The number of furan rings is 1. The Morgan fingerprint density at radius 1 is 1.03 bits per heavy atom. The summed E-state index contributed by atoms with van der Waals surface area (Å²) in [5, 5.41) is 7.68. The molecule has 0 unspecified atom stereocenters. The van der Waals surface area contributed by atoms with Gasteiger partial charge in [0.25, 0.3) is 5.91 Å². The molecule has 0 aliphatic rings. The molecule has 4 aromatic rings. The summed E-state index contributed by atoms with van der Waals surface area (Å²) in [4.78, 5) is 13.0. The van der Waals surface area contributed by atoms with E-state index in [4.69, 9.17) is 4.42 Å². The molecule has 0 aliphatic carbocycles. The first-order valence-corrected chi connectivity index (χ1v) is 9.65. The molecule has 0 saturated carbocycles. The van der Waals surface area contributed by atoms with E-state index in [0.29, 0.717) is 23.7 Å². The van der Waals surface area contributed by atoms with Crippen molar-refractivity contribution in [3.8, 4) is 17.1 Å². The van der Waals surface area contributed by atoms with E-state index in [0.717, 1.165) is 17.7 Å². The van der Waals surface area contributed by atoms with Gasteiger partial charge in [-0.1, -0.05) is 48.0 Å². The summed E-state index contributed by atoms with van der Waals surface area (Å²) in [5.74, 6) is 0.470. The van der Waals surface area contributed by atoms with Crippen molar-refractivity contribution in [3.63, 3.8) is 0 Å². The zero-order valence-electron chi connectivity index (χ0n) is 16.6. The Balaban J connectivity index is 1.62. The maximum Gasteiger partial charge on any atom is 0.270 e. The van der Waals surface area contributed by atoms with E-state index < -0.39 is 0 Å². The standard InChI is InChI=1S/C24H23N3O2/c1-17-10-11-21(18(2)15-17)27-22(16-20(26-27)23-9-6-14-29-23)24(28)25-13-12-19-7-4-3-5-8-19/h3-11,14-16H,12-13H2,1-2H3,(H,25,28). The van der Waals surface area contributed by atoms with Crippen LogP contribution in [0.5, 0.6) is 0 Å². The maximum atomic E-state index is 13.0. The van der Waals surface area contributed by atoms with E-state index in [9.17, 15) is 4.79 Å². The molecule has 5 heteroatoms. The number of hydrogen-bond donors (Lipinski definition) is 1. The summed E-state index contributed by atoms with van der Waals surface area (Å²) in [5.41, 5.74) is 5.39. The van der Waals surface area contributed by atoms with Gasteiger partial charge >= 0.3 is 0 Å². The molecule has 0 atom stereocenters. The summed E-state index contributed by atoms with van der Waals surface area (Å²) < 4.78 is 7.18. The molecule has 29 heavy (non-hydrogen) atoms. The quantitative estimate of drug-likeness (QED) is 0.522. The number of aryl methyl sites for hydroxylation is 2. The minimum atomic E-state index is -0.161. The fraction of sp³-hybridized carbons (Fsp3) is 0.167. The van der Waals surface area contributed by atoms with Gasteiger partial charge in [-0.15, -0.1) is 0 Å². The Kier molecular flexibility index (Phi) is 5.29. The maximum absolute atomic E-state index is 13.0. The van der Waals surface area contributed by atoms with Gasteiger partial charge in [0.05, 0.1) is 12.0 Å². The van der Waals surface area contributed by atoms with Gasteiger partial charge in [0, 0.05) is 12.6 Å². The first-order valence-electron chi connectivity index (χ1n) is 9.65. The second-order valence-electron chi connectivity index (χ2n) is 7.09. The highest BCUT2D eigenvalue weighted by molar-refractivity contribution is 5.94. The monoisotopic (exact) mass is 385 g/mol. The third kappa shape index (κ3) is 4.14. The summed E-state index contributed by atoms with van der Waals surface area (Å²) in [7, 11) is 0. The summed E-state index contributed by atoms with van der Waals surface area (Å²) in [6, 6.07) is 21.6. The summed E-state index contributed by atoms with van der Waals surface area (Å²) in [6.07, 6.45) is 2.38. The van der Waals surface area contributed by atoms with Gasteiger partial charge in [0.1, 0.15) is 11.4 Å². The topological polar surface area (TPSA) is 60.1 Å². The molecule has 2 aromatic heterocycles. The van der Waals surface area contributed by atoms with Gasteiger partial charge in [-0.25, -0.2) is 4.68 Å². The van der Waals surface area contributed by atoms with Crippen LogP contribution in [0.15, 0.2) is 77.4 Å². The lowest BCUT2D eigenvalue weighted by Gasteiger charge is -2.11. The van der Waals surface area contributed by atoms with Crippen molar-refractivity contribution in [2.24, 2.45) is 0 Å². The van der Waals surface area contributed by atoms with Crippen LogP contribution in [0.4, 0.5) is 0 Å². The average Bonchev–Trinajstić information content (AvgIpc) is 3.39. The lowest BCUT2D eigenvalue weighted by Crippen LogP contribution is -2.28. The lowest BCUT2D eigenvalue weighted by atomic mass is 10.1. The number of carbonyl (C=O) groups is 1. The Bertz CT molecular complexity index is 1110. The van der Waals surface area contributed by atoms with Crippen molar-refractivity contribution < 1.29 is 9.21 Å². The van der Waals surface area contributed by atoms with Crippen molar-refractivity contribution >= 4 is 5.91 Å². The van der Waals surface area contributed by atoms with Crippen LogP contribution in [0.25, 0.3) is 17.1 Å². The van der Waals surface area contributed by atoms with Crippen molar-refractivity contribution in [2.45, 2.75) is 20.3 Å². The van der Waals surface area contributed by atoms with Gasteiger partial charge < -0.3 is 9.73 Å². The van der Waals surface area contributed by atoms with E-state index in [-0.39, 0.29) is 5.91 Å². The van der Waals surface area contributed by atoms with Crippen LogP contribution < -0.4 is 5.32 Å². The predicted octanol–water partition coefficient (Wildman–Crippen LogP) is 4.72. The van der Waals surface area contributed by atoms with E-state index >= 15 is 0 Å². The number of hydrogen-bond acceptors (Lipinski definition) is 3. The van der Waals surface area contributed by atoms with E-state index in [1.807, 2.05) is 56.3 Å². The van der Waals surface area contributed by atoms with Gasteiger partial charge in [0.15, 0.2) is 5.76 Å². The number of nitrogens with one attached hydrogen (secondary N) is 1. The molecule has 0 aliphatic heterocycles. The summed E-state index contributed by atoms with van der Waals surface area (Å²) >= 11 is 0. The fourth-order valence-corrected chi connectivity index (χ4v) is 3.37. The second-order valence-corrected chi connectivity index (χ2v) is 7.09. The zero-order valence-corrected chi connectivity index (χ0v) is 16.6. The molecule has 1 amide bonds. The van der Waals surface area contributed by atoms with Crippen LogP contribution >= 0.6 is 0 Å². The highest BCUT2D eigenvalue weighted by Gasteiger charge is 2.19. The van der Waals surface area contributed by atoms with Crippen LogP contribution in [-0.4, -0.2) is 22.2 Å². The van der Waals surface area contributed by atoms with Crippen molar-refractivity contribution in [1.82, 2.24) is 15.1 Å². The molecular weight excluding hydrogens is 362 g/mol. The van der Waals surface area contributed by atoms with E-state index in [1.165, 1.54) is 11.1 Å². The first kappa shape index (κ1) is 18.7. The Morgan fingerprint density at radius 2 is 1.86 bits per heavy atom. The Labute approximate surface area is 170 Å². The fourth-order valence-electron chi connectivity index (χ4n) is 3.37. The Hall–Kier alpha value is -3.60. The molecule has 0 spiro atoms. The molecule has 4 rings (SSSR count). The van der Waals surface area contributed by atoms with Gasteiger partial charge in [-0.05, 0) is 49.6 Å². The van der Waals surface area contributed by atoms with Crippen molar-refractivity contribution in [2.75, 3.05) is 6.54 Å². The van der Waals surface area contributed by atoms with Crippen molar-refractivity contribution in [3.05, 3.63) is 95.4 Å². The minimum absolute atomic E-state index is 0.161. The highest BCUT2D eigenvalue weighted by atomic mass is 16.3. The first-order chi connectivity index (χ1) is 14.1. The molecule has 2 heterocycles. The SMILES string of the molecule is Cc1ccc(-n2nc(-c3ccco3)cc2C(=O)NCCc2ccccc2)c(C)c1. The van der Waals surface area contributed by atoms with Crippen molar-refractivity contribution in [1.29, 1.82) is 0 Å². The average molecular weight is 385 g/mol.